The Labute approximate surface area is 176 Å². The number of para-hydroxylation sites is 1. The Kier molecular flexibility index (Phi) is 3.89. The number of benzene rings is 3. The van der Waals surface area contributed by atoms with Gasteiger partial charge in [0.2, 0.25) is 5.95 Å². The van der Waals surface area contributed by atoms with Gasteiger partial charge in [0.05, 0.1) is 5.70 Å². The quantitative estimate of drug-likeness (QED) is 0.495. The molecule has 6 rings (SSSR count). The van der Waals surface area contributed by atoms with Crippen molar-refractivity contribution in [3.8, 4) is 5.75 Å². The summed E-state index contributed by atoms with van der Waals surface area (Å²) >= 11 is 0. The highest BCUT2D eigenvalue weighted by atomic mass is 19.1. The van der Waals surface area contributed by atoms with Gasteiger partial charge in [0.1, 0.15) is 35.9 Å². The summed E-state index contributed by atoms with van der Waals surface area (Å²) in [4.78, 5) is 4.37. The van der Waals surface area contributed by atoms with Gasteiger partial charge in [-0.1, -0.05) is 36.4 Å². The zero-order valence-electron chi connectivity index (χ0n) is 16.2. The number of ether oxygens (including phenoxy) is 1. The molecule has 0 saturated carbocycles. The van der Waals surface area contributed by atoms with Crippen molar-refractivity contribution in [2.45, 2.75) is 12.1 Å². The van der Waals surface area contributed by atoms with E-state index in [9.17, 15) is 8.78 Å². The zero-order chi connectivity index (χ0) is 20.9. The molecule has 1 N–H and O–H groups in total. The molecule has 0 fully saturated rings. The lowest BCUT2D eigenvalue weighted by atomic mass is 9.84. The van der Waals surface area contributed by atoms with Crippen LogP contribution in [0.15, 0.2) is 84.7 Å². The number of nitrogens with zero attached hydrogens (tertiary/aromatic N) is 3. The molecule has 0 spiro atoms. The summed E-state index contributed by atoms with van der Waals surface area (Å²) in [6.07, 6.45) is 0.988. The summed E-state index contributed by atoms with van der Waals surface area (Å²) in [6, 6.07) is 20.0. The van der Waals surface area contributed by atoms with Crippen LogP contribution in [0.1, 0.15) is 28.8 Å². The Balaban J connectivity index is 1.62. The van der Waals surface area contributed by atoms with Gasteiger partial charge in [-0.05, 0) is 47.5 Å². The summed E-state index contributed by atoms with van der Waals surface area (Å²) in [5, 5.41) is 7.82. The van der Waals surface area contributed by atoms with E-state index in [2.05, 4.69) is 15.4 Å². The Bertz CT molecular complexity index is 1310. The van der Waals surface area contributed by atoms with Crippen LogP contribution in [0.4, 0.5) is 14.7 Å². The van der Waals surface area contributed by atoms with E-state index >= 15 is 0 Å². The Morgan fingerprint density at radius 1 is 0.839 bits per heavy atom. The van der Waals surface area contributed by atoms with E-state index in [1.54, 1.807) is 28.9 Å². The minimum absolute atomic E-state index is 0.314. The molecule has 0 amide bonds. The lowest BCUT2D eigenvalue weighted by Gasteiger charge is -2.39. The van der Waals surface area contributed by atoms with Crippen LogP contribution in [0.5, 0.6) is 5.75 Å². The molecule has 3 heterocycles. The summed E-state index contributed by atoms with van der Waals surface area (Å²) < 4.78 is 35.5. The fraction of sp³-hybridized carbons (Fsp3) is 0.0833. The smallest absolute Gasteiger partial charge is 0.226 e. The molecule has 2 aliphatic rings. The average Bonchev–Trinajstić information content (AvgIpc) is 3.27. The highest BCUT2D eigenvalue weighted by Gasteiger charge is 2.40. The van der Waals surface area contributed by atoms with Gasteiger partial charge in [0.25, 0.3) is 0 Å². The van der Waals surface area contributed by atoms with E-state index in [1.807, 2.05) is 24.3 Å². The molecule has 5 nitrogen and oxygen atoms in total. The lowest BCUT2D eigenvalue weighted by Crippen LogP contribution is -2.32. The Morgan fingerprint density at radius 3 is 2.26 bits per heavy atom. The second kappa shape index (κ2) is 6.77. The van der Waals surface area contributed by atoms with Crippen LogP contribution in [0.25, 0.3) is 5.70 Å². The van der Waals surface area contributed by atoms with E-state index in [0.717, 1.165) is 28.0 Å². The van der Waals surface area contributed by atoms with Crippen LogP contribution in [-0.4, -0.2) is 14.8 Å². The monoisotopic (exact) mass is 414 g/mol. The van der Waals surface area contributed by atoms with Gasteiger partial charge in [0.15, 0.2) is 0 Å². The van der Waals surface area contributed by atoms with E-state index in [4.69, 9.17) is 4.74 Å². The number of aromatic nitrogens is 3. The summed E-state index contributed by atoms with van der Waals surface area (Å²) in [5.74, 6) is 0.673. The SMILES string of the molecule is Fc1ccc([C@@H]2Oc3ccccc3C3=C2[C@H](c2ccc(F)cc2)n2ncnc2N3)cc1. The van der Waals surface area contributed by atoms with Crippen molar-refractivity contribution in [1.29, 1.82) is 0 Å². The van der Waals surface area contributed by atoms with Gasteiger partial charge in [0, 0.05) is 11.1 Å². The van der Waals surface area contributed by atoms with Crippen LogP contribution in [0, 0.1) is 11.6 Å². The zero-order valence-corrected chi connectivity index (χ0v) is 16.2. The normalized spacial score (nSPS) is 19.0. The fourth-order valence-electron chi connectivity index (χ4n) is 4.30. The van der Waals surface area contributed by atoms with Crippen molar-refractivity contribution in [3.63, 3.8) is 0 Å². The highest BCUT2D eigenvalue weighted by molar-refractivity contribution is 5.85. The molecule has 2 atom stereocenters. The van der Waals surface area contributed by atoms with Crippen molar-refractivity contribution < 1.29 is 13.5 Å². The van der Waals surface area contributed by atoms with Crippen LogP contribution < -0.4 is 10.1 Å². The molecule has 2 aliphatic heterocycles. The number of anilines is 1. The molecule has 7 heteroatoms. The number of halogens is 2. The third-order valence-electron chi connectivity index (χ3n) is 5.68. The number of rotatable bonds is 2. The molecular formula is C24H16F2N4O. The average molecular weight is 414 g/mol. The lowest BCUT2D eigenvalue weighted by molar-refractivity contribution is 0.223. The minimum Gasteiger partial charge on any atom is -0.480 e. The molecule has 3 aromatic carbocycles. The molecular weight excluding hydrogens is 398 g/mol. The van der Waals surface area contributed by atoms with Gasteiger partial charge in [-0.15, -0.1) is 0 Å². The van der Waals surface area contributed by atoms with Crippen molar-refractivity contribution in [2.24, 2.45) is 0 Å². The third-order valence-corrected chi connectivity index (χ3v) is 5.68. The molecule has 4 aromatic rings. The van der Waals surface area contributed by atoms with Crippen LogP contribution in [0.2, 0.25) is 0 Å². The first-order valence-electron chi connectivity index (χ1n) is 9.86. The maximum absolute atomic E-state index is 13.7. The minimum atomic E-state index is -0.495. The first-order chi connectivity index (χ1) is 15.2. The summed E-state index contributed by atoms with van der Waals surface area (Å²) in [7, 11) is 0. The molecule has 1 aromatic heterocycles. The van der Waals surface area contributed by atoms with E-state index in [0.29, 0.717) is 11.7 Å². The van der Waals surface area contributed by atoms with Gasteiger partial charge in [-0.25, -0.2) is 13.5 Å². The van der Waals surface area contributed by atoms with Crippen LogP contribution in [0.3, 0.4) is 0 Å². The predicted octanol–water partition coefficient (Wildman–Crippen LogP) is 5.12. The largest absolute Gasteiger partial charge is 0.480 e. The Hall–Kier alpha value is -4.00. The number of nitrogens with one attached hydrogen (secondary N) is 1. The topological polar surface area (TPSA) is 52.0 Å². The van der Waals surface area contributed by atoms with Crippen molar-refractivity contribution >= 4 is 11.6 Å². The van der Waals surface area contributed by atoms with Crippen LogP contribution >= 0.6 is 0 Å². The number of hydrogen-bond acceptors (Lipinski definition) is 4. The van der Waals surface area contributed by atoms with E-state index in [-0.39, 0.29) is 17.7 Å². The second-order valence-corrected chi connectivity index (χ2v) is 7.48. The van der Waals surface area contributed by atoms with Gasteiger partial charge < -0.3 is 10.1 Å². The maximum Gasteiger partial charge on any atom is 0.226 e. The molecule has 0 aliphatic carbocycles. The van der Waals surface area contributed by atoms with Crippen molar-refractivity contribution in [3.05, 3.63) is 113 Å². The molecule has 0 saturated heterocycles. The first-order valence-corrected chi connectivity index (χ1v) is 9.86. The third kappa shape index (κ3) is 2.81. The fourth-order valence-corrected chi connectivity index (χ4v) is 4.30. The predicted molar refractivity (Wildman–Crippen MR) is 111 cm³/mol. The number of fused-ring (bicyclic) bond motifs is 3. The summed E-state index contributed by atoms with van der Waals surface area (Å²) in [6.45, 7) is 0. The van der Waals surface area contributed by atoms with Crippen LogP contribution in [-0.2, 0) is 0 Å². The van der Waals surface area contributed by atoms with Gasteiger partial charge in [-0.3, -0.25) is 0 Å². The van der Waals surface area contributed by atoms with Crippen molar-refractivity contribution in [1.82, 2.24) is 14.8 Å². The highest BCUT2D eigenvalue weighted by Crippen LogP contribution is 2.50. The molecule has 152 valence electrons. The van der Waals surface area contributed by atoms with E-state index in [1.165, 1.54) is 30.6 Å². The number of hydrogen-bond donors (Lipinski definition) is 1. The molecule has 0 unspecified atom stereocenters. The van der Waals surface area contributed by atoms with Crippen molar-refractivity contribution in [2.75, 3.05) is 5.32 Å². The molecule has 0 radical (unpaired) electrons. The van der Waals surface area contributed by atoms with Gasteiger partial charge >= 0.3 is 0 Å². The molecule has 31 heavy (non-hydrogen) atoms. The Morgan fingerprint density at radius 2 is 1.52 bits per heavy atom. The van der Waals surface area contributed by atoms with Gasteiger partial charge in [-0.2, -0.15) is 10.1 Å². The standard InChI is InChI=1S/C24H16F2N4O/c25-16-9-5-14(6-10-16)22-20-21(29-24-27-13-28-30(22)24)18-3-1-2-4-19(18)31-23(20)15-7-11-17(26)12-8-15/h1-13,22-23H,(H,27,28,29)/t22-,23-/m0/s1. The summed E-state index contributed by atoms with van der Waals surface area (Å²) in [5.41, 5.74) is 4.32. The second-order valence-electron chi connectivity index (χ2n) is 7.48. The maximum atomic E-state index is 13.7. The van der Waals surface area contributed by atoms with E-state index < -0.39 is 6.10 Å². The molecule has 0 bridgehead atoms. The first kappa shape index (κ1) is 17.8.